The SMILES string of the molecule is Cc1cc(Nc2cc(NC3CC3C(N)=O)ncn2)c(=O)n2c1C(=O)NC21CCCCC1. The van der Waals surface area contributed by atoms with Crippen molar-refractivity contribution in [2.45, 2.75) is 57.2 Å². The lowest BCUT2D eigenvalue weighted by molar-refractivity contribution is -0.119. The van der Waals surface area contributed by atoms with Crippen LogP contribution in [0.1, 0.15) is 54.6 Å². The molecule has 2 aromatic heterocycles. The lowest BCUT2D eigenvalue weighted by Crippen LogP contribution is -2.48. The van der Waals surface area contributed by atoms with Crippen LogP contribution >= 0.6 is 0 Å². The molecule has 1 spiro atoms. The standard InChI is InChI=1S/C21H25N7O3/c1-11-7-14(20(31)28-17(11)19(30)27-21(28)5-3-2-4-6-21)26-16-9-15(23-10-24-16)25-13-8-12(13)18(22)29/h7,9-10,12-13H,2-6,8H2,1H3,(H2,22,29)(H,27,30)(H2,23,24,25,26). The van der Waals surface area contributed by atoms with Crippen LogP contribution in [0.25, 0.3) is 0 Å². The molecule has 10 nitrogen and oxygen atoms in total. The molecule has 2 unspecified atom stereocenters. The summed E-state index contributed by atoms with van der Waals surface area (Å²) in [6.45, 7) is 1.84. The molecule has 5 rings (SSSR count). The van der Waals surface area contributed by atoms with Crippen LogP contribution in [0.2, 0.25) is 0 Å². The summed E-state index contributed by atoms with van der Waals surface area (Å²) in [5.74, 6) is 0.286. The van der Waals surface area contributed by atoms with Gasteiger partial charge >= 0.3 is 0 Å². The number of hydrogen-bond donors (Lipinski definition) is 4. The van der Waals surface area contributed by atoms with Gasteiger partial charge in [-0.05, 0) is 50.7 Å². The van der Waals surface area contributed by atoms with E-state index in [0.29, 0.717) is 29.4 Å². The minimum absolute atomic E-state index is 0.0311. The zero-order valence-electron chi connectivity index (χ0n) is 17.3. The van der Waals surface area contributed by atoms with Gasteiger partial charge in [0.15, 0.2) is 0 Å². The summed E-state index contributed by atoms with van der Waals surface area (Å²) in [5, 5.41) is 9.34. The number of nitrogens with zero attached hydrogens (tertiary/aromatic N) is 3. The fourth-order valence-electron chi connectivity index (χ4n) is 4.84. The highest BCUT2D eigenvalue weighted by Gasteiger charge is 2.45. The van der Waals surface area contributed by atoms with Crippen molar-refractivity contribution in [3.05, 3.63) is 40.1 Å². The molecule has 3 aliphatic rings. The third-order valence-electron chi connectivity index (χ3n) is 6.48. The van der Waals surface area contributed by atoms with Gasteiger partial charge in [0.05, 0.1) is 5.92 Å². The summed E-state index contributed by atoms with van der Waals surface area (Å²) < 4.78 is 1.65. The van der Waals surface area contributed by atoms with E-state index in [9.17, 15) is 14.4 Å². The molecule has 2 aromatic rings. The zero-order chi connectivity index (χ0) is 21.8. The molecule has 2 saturated carbocycles. The van der Waals surface area contributed by atoms with Crippen molar-refractivity contribution in [2.24, 2.45) is 11.7 Å². The van der Waals surface area contributed by atoms with Crippen LogP contribution in [0.5, 0.6) is 0 Å². The smallest absolute Gasteiger partial charge is 0.276 e. The predicted molar refractivity (Wildman–Crippen MR) is 114 cm³/mol. The van der Waals surface area contributed by atoms with Gasteiger partial charge in [0, 0.05) is 12.1 Å². The lowest BCUT2D eigenvalue weighted by atomic mass is 9.89. The second-order valence-corrected chi connectivity index (χ2v) is 8.69. The van der Waals surface area contributed by atoms with Gasteiger partial charge in [-0.3, -0.25) is 19.0 Å². The van der Waals surface area contributed by atoms with E-state index in [1.54, 1.807) is 16.7 Å². The highest BCUT2D eigenvalue weighted by atomic mass is 16.2. The maximum Gasteiger partial charge on any atom is 0.276 e. The molecule has 0 aromatic carbocycles. The van der Waals surface area contributed by atoms with Gasteiger partial charge in [-0.2, -0.15) is 0 Å². The maximum absolute atomic E-state index is 13.4. The number of aryl methyl sites for hydroxylation is 1. The molecule has 2 atom stereocenters. The Morgan fingerprint density at radius 3 is 2.65 bits per heavy atom. The molecular formula is C21H25N7O3. The van der Waals surface area contributed by atoms with Gasteiger partial charge in [-0.1, -0.05) is 6.42 Å². The zero-order valence-corrected chi connectivity index (χ0v) is 17.3. The number of primary amides is 1. The summed E-state index contributed by atoms with van der Waals surface area (Å²) in [4.78, 5) is 45.7. The van der Waals surface area contributed by atoms with E-state index in [0.717, 1.165) is 37.7 Å². The Morgan fingerprint density at radius 1 is 1.19 bits per heavy atom. The number of hydrogen-bond acceptors (Lipinski definition) is 7. The minimum atomic E-state index is -0.641. The molecule has 0 bridgehead atoms. The Balaban J connectivity index is 1.45. The van der Waals surface area contributed by atoms with Crippen LogP contribution in [-0.2, 0) is 10.5 Å². The fraction of sp³-hybridized carbons (Fsp3) is 0.476. The number of fused-ring (bicyclic) bond motifs is 2. The van der Waals surface area contributed by atoms with E-state index in [-0.39, 0.29) is 29.3 Å². The average Bonchev–Trinajstić information content (AvgIpc) is 3.44. The number of pyridine rings is 1. The van der Waals surface area contributed by atoms with E-state index in [2.05, 4.69) is 25.9 Å². The van der Waals surface area contributed by atoms with Gasteiger partial charge in [0.25, 0.3) is 11.5 Å². The Hall–Kier alpha value is -3.43. The number of carbonyl (C=O) groups excluding carboxylic acids is 2. The molecule has 3 heterocycles. The second-order valence-electron chi connectivity index (χ2n) is 8.69. The second kappa shape index (κ2) is 7.07. The Morgan fingerprint density at radius 2 is 1.94 bits per heavy atom. The van der Waals surface area contributed by atoms with Crippen LogP contribution in [0, 0.1) is 12.8 Å². The minimum Gasteiger partial charge on any atom is -0.369 e. The lowest BCUT2D eigenvalue weighted by Gasteiger charge is -2.35. The predicted octanol–water partition coefficient (Wildman–Crippen LogP) is 1.34. The van der Waals surface area contributed by atoms with Crippen molar-refractivity contribution in [1.29, 1.82) is 0 Å². The number of nitrogens with two attached hydrogens (primary N) is 1. The molecule has 31 heavy (non-hydrogen) atoms. The van der Waals surface area contributed by atoms with Crippen molar-refractivity contribution < 1.29 is 9.59 Å². The van der Waals surface area contributed by atoms with Crippen LogP contribution in [0.3, 0.4) is 0 Å². The summed E-state index contributed by atoms with van der Waals surface area (Å²) >= 11 is 0. The van der Waals surface area contributed by atoms with Gasteiger partial charge in [-0.15, -0.1) is 0 Å². The van der Waals surface area contributed by atoms with Crippen molar-refractivity contribution >= 4 is 29.1 Å². The molecule has 2 amide bonds. The Labute approximate surface area is 178 Å². The van der Waals surface area contributed by atoms with Gasteiger partial charge in [0.1, 0.15) is 35.0 Å². The van der Waals surface area contributed by atoms with Crippen LogP contribution in [0.4, 0.5) is 17.3 Å². The molecule has 10 heteroatoms. The number of carbonyl (C=O) groups is 2. The topological polar surface area (TPSA) is 144 Å². The van der Waals surface area contributed by atoms with Crippen molar-refractivity contribution in [1.82, 2.24) is 19.9 Å². The van der Waals surface area contributed by atoms with E-state index in [4.69, 9.17) is 5.73 Å². The summed E-state index contributed by atoms with van der Waals surface area (Å²) in [7, 11) is 0. The summed E-state index contributed by atoms with van der Waals surface area (Å²) in [6.07, 6.45) is 6.60. The van der Waals surface area contributed by atoms with Crippen molar-refractivity contribution in [3.63, 3.8) is 0 Å². The first-order valence-corrected chi connectivity index (χ1v) is 10.6. The van der Waals surface area contributed by atoms with E-state index < -0.39 is 5.66 Å². The Bertz CT molecular complexity index is 1140. The number of nitrogens with one attached hydrogen (secondary N) is 3. The highest BCUT2D eigenvalue weighted by molar-refractivity contribution is 5.97. The monoisotopic (exact) mass is 423 g/mol. The first-order chi connectivity index (χ1) is 14.9. The van der Waals surface area contributed by atoms with Crippen LogP contribution < -0.4 is 27.2 Å². The largest absolute Gasteiger partial charge is 0.369 e. The first-order valence-electron chi connectivity index (χ1n) is 10.6. The van der Waals surface area contributed by atoms with Crippen molar-refractivity contribution in [3.8, 4) is 0 Å². The van der Waals surface area contributed by atoms with Crippen LogP contribution in [0.15, 0.2) is 23.3 Å². The van der Waals surface area contributed by atoms with Gasteiger partial charge in [-0.25, -0.2) is 9.97 Å². The molecule has 1 aliphatic heterocycles. The summed E-state index contributed by atoms with van der Waals surface area (Å²) in [6, 6.07) is 3.34. The van der Waals surface area contributed by atoms with Gasteiger partial charge < -0.3 is 21.7 Å². The first kappa shape index (κ1) is 19.5. The third kappa shape index (κ3) is 3.31. The van der Waals surface area contributed by atoms with E-state index in [1.807, 2.05) is 6.92 Å². The molecular weight excluding hydrogens is 398 g/mol. The molecule has 162 valence electrons. The summed E-state index contributed by atoms with van der Waals surface area (Å²) in [5.41, 5.74) is 5.97. The number of aromatic nitrogens is 3. The van der Waals surface area contributed by atoms with Crippen LogP contribution in [-0.4, -0.2) is 32.4 Å². The van der Waals surface area contributed by atoms with Crippen molar-refractivity contribution in [2.75, 3.05) is 10.6 Å². The molecule has 2 fully saturated rings. The number of amides is 2. The quantitative estimate of drug-likeness (QED) is 0.568. The van der Waals surface area contributed by atoms with Gasteiger partial charge in [0.2, 0.25) is 5.91 Å². The van der Waals surface area contributed by atoms with E-state index in [1.165, 1.54) is 6.33 Å². The fourth-order valence-corrected chi connectivity index (χ4v) is 4.84. The molecule has 2 aliphatic carbocycles. The van der Waals surface area contributed by atoms with E-state index >= 15 is 0 Å². The molecule has 5 N–H and O–H groups in total. The highest BCUT2D eigenvalue weighted by Crippen LogP contribution is 2.37. The molecule has 0 saturated heterocycles. The maximum atomic E-state index is 13.4. The number of anilines is 3. The normalized spacial score (nSPS) is 23.2. The average molecular weight is 423 g/mol. The third-order valence-corrected chi connectivity index (χ3v) is 6.48. The number of rotatable bonds is 5. The molecule has 0 radical (unpaired) electrons. The Kier molecular flexibility index (Phi) is 4.45.